The third kappa shape index (κ3) is 4.35. The lowest BCUT2D eigenvalue weighted by atomic mass is 9.63. The quantitative estimate of drug-likeness (QED) is 0.170. The smallest absolute Gasteiger partial charge is 0.0726 e. The summed E-state index contributed by atoms with van der Waals surface area (Å²) in [6.07, 6.45) is 0. The van der Waals surface area contributed by atoms with Crippen LogP contribution < -0.4 is 4.90 Å². The molecule has 13 rings (SSSR count). The largest absolute Gasteiger partial charge is 0.311 e. The van der Waals surface area contributed by atoms with Gasteiger partial charge in [0.25, 0.3) is 0 Å². The fourth-order valence-corrected chi connectivity index (χ4v) is 10.8. The first-order valence-corrected chi connectivity index (χ1v) is 20.5. The molecule has 11 aromatic rings. The molecule has 59 heavy (non-hydrogen) atoms. The molecule has 0 bridgehead atoms. The molecule has 0 atom stereocenters. The molecule has 2 aliphatic carbocycles. The van der Waals surface area contributed by atoms with E-state index in [0.29, 0.717) is 0 Å². The predicted molar refractivity (Wildman–Crippen MR) is 247 cm³/mol. The van der Waals surface area contributed by atoms with Crippen molar-refractivity contribution in [1.29, 1.82) is 0 Å². The van der Waals surface area contributed by atoms with Crippen LogP contribution in [0.4, 0.5) is 17.1 Å². The van der Waals surface area contributed by atoms with Gasteiger partial charge in [-0.1, -0.05) is 158 Å². The Balaban J connectivity index is 1.14. The molecule has 2 nitrogen and oxygen atoms in total. The van der Waals surface area contributed by atoms with E-state index in [1.54, 1.807) is 0 Å². The van der Waals surface area contributed by atoms with Gasteiger partial charge in [0.1, 0.15) is 0 Å². The van der Waals surface area contributed by atoms with Crippen molar-refractivity contribution >= 4 is 60.4 Å². The first-order valence-electron chi connectivity index (χ1n) is 20.5. The van der Waals surface area contributed by atoms with Crippen molar-refractivity contribution in [2.45, 2.75) is 5.41 Å². The second-order valence-corrected chi connectivity index (χ2v) is 16.0. The van der Waals surface area contributed by atoms with Gasteiger partial charge in [0.2, 0.25) is 0 Å². The van der Waals surface area contributed by atoms with E-state index in [-0.39, 0.29) is 0 Å². The molecule has 2 heteroatoms. The molecule has 1 heterocycles. The van der Waals surface area contributed by atoms with E-state index in [2.05, 4.69) is 228 Å². The minimum absolute atomic E-state index is 0.476. The van der Waals surface area contributed by atoms with E-state index in [1.165, 1.54) is 93.5 Å². The van der Waals surface area contributed by atoms with Crippen LogP contribution in [0, 0.1) is 0 Å². The van der Waals surface area contributed by atoms with Crippen molar-refractivity contribution in [3.05, 3.63) is 241 Å². The fourth-order valence-electron chi connectivity index (χ4n) is 10.8. The first kappa shape index (κ1) is 32.4. The van der Waals surface area contributed by atoms with Gasteiger partial charge in [-0.25, -0.2) is 0 Å². The minimum Gasteiger partial charge on any atom is -0.311 e. The molecular weight excluding hydrogens is 713 g/mol. The Bertz CT molecular complexity index is 3400. The van der Waals surface area contributed by atoms with Crippen LogP contribution >= 0.6 is 0 Å². The number of hydrogen-bond acceptors (Lipinski definition) is 1. The van der Waals surface area contributed by atoms with E-state index >= 15 is 0 Å². The monoisotopic (exact) mass is 748 g/mol. The van der Waals surface area contributed by atoms with Gasteiger partial charge >= 0.3 is 0 Å². The van der Waals surface area contributed by atoms with Crippen molar-refractivity contribution in [1.82, 2.24) is 4.57 Å². The number of nitrogens with zero attached hydrogens (tertiary/aromatic N) is 2. The summed E-state index contributed by atoms with van der Waals surface area (Å²) in [5.41, 5.74) is 17.0. The molecule has 0 radical (unpaired) electrons. The van der Waals surface area contributed by atoms with Crippen molar-refractivity contribution in [3.63, 3.8) is 0 Å². The van der Waals surface area contributed by atoms with E-state index in [1.807, 2.05) is 0 Å². The van der Waals surface area contributed by atoms with Crippen molar-refractivity contribution in [2.75, 3.05) is 4.90 Å². The van der Waals surface area contributed by atoms with E-state index in [9.17, 15) is 0 Å². The molecule has 0 unspecified atom stereocenters. The first-order chi connectivity index (χ1) is 29.3. The van der Waals surface area contributed by atoms with Gasteiger partial charge < -0.3 is 9.47 Å². The lowest BCUT2D eigenvalue weighted by Crippen LogP contribution is -2.30. The maximum Gasteiger partial charge on any atom is 0.0726 e. The van der Waals surface area contributed by atoms with Gasteiger partial charge in [-0.05, 0) is 127 Å². The predicted octanol–water partition coefficient (Wildman–Crippen LogP) is 14.9. The minimum atomic E-state index is -0.476. The van der Waals surface area contributed by atoms with Gasteiger partial charge in [0, 0.05) is 33.5 Å². The van der Waals surface area contributed by atoms with Gasteiger partial charge in [0.15, 0.2) is 0 Å². The molecule has 10 aromatic carbocycles. The van der Waals surface area contributed by atoms with Crippen molar-refractivity contribution in [2.24, 2.45) is 0 Å². The zero-order chi connectivity index (χ0) is 38.7. The van der Waals surface area contributed by atoms with Crippen molar-refractivity contribution < 1.29 is 0 Å². The molecule has 0 fully saturated rings. The molecule has 0 saturated carbocycles. The molecule has 1 aromatic heterocycles. The summed E-state index contributed by atoms with van der Waals surface area (Å²) in [5.74, 6) is 0. The second-order valence-electron chi connectivity index (χ2n) is 16.0. The number of rotatable bonds is 5. The number of fused-ring (bicyclic) bond motifs is 8. The van der Waals surface area contributed by atoms with E-state index < -0.39 is 5.41 Å². The van der Waals surface area contributed by atoms with Crippen molar-refractivity contribution in [3.8, 4) is 27.9 Å². The highest BCUT2D eigenvalue weighted by molar-refractivity contribution is 6.29. The van der Waals surface area contributed by atoms with Gasteiger partial charge in [-0.2, -0.15) is 0 Å². The molecular formula is C57H36N2. The van der Waals surface area contributed by atoms with Crippen LogP contribution in [0.25, 0.3) is 71.3 Å². The lowest BCUT2D eigenvalue weighted by Gasteiger charge is -2.38. The third-order valence-corrected chi connectivity index (χ3v) is 13.1. The standard InChI is InChI=1S/C57H36N2/c1-3-17-40(18-4-1)58(41-19-5-2-6-20-41)42-32-30-38(31-33-42)47-36-53-56-54-46(47)23-13-26-50(54)57(48-24-11-9-21-44(48)45-22-10-12-25-49(45)57)51-27-14-28-52(55(51)56)59(53)43-34-29-37-15-7-8-16-39(37)35-43/h1-36H. The average molecular weight is 749 g/mol. The van der Waals surface area contributed by atoms with Crippen LogP contribution in [0.5, 0.6) is 0 Å². The summed E-state index contributed by atoms with van der Waals surface area (Å²) in [5, 5.41) is 7.78. The van der Waals surface area contributed by atoms with Crippen LogP contribution in [0.15, 0.2) is 218 Å². The Morgan fingerprint density at radius 2 is 0.898 bits per heavy atom. The normalized spacial score (nSPS) is 13.2. The summed E-state index contributed by atoms with van der Waals surface area (Å²) in [6.45, 7) is 0. The Kier molecular flexibility index (Phi) is 6.68. The number of hydrogen-bond donors (Lipinski definition) is 0. The number of anilines is 3. The van der Waals surface area contributed by atoms with Gasteiger partial charge in [-0.3, -0.25) is 0 Å². The maximum absolute atomic E-state index is 2.53. The summed E-state index contributed by atoms with van der Waals surface area (Å²) in [7, 11) is 0. The Morgan fingerprint density at radius 1 is 0.339 bits per heavy atom. The Labute approximate surface area is 342 Å². The molecule has 0 aliphatic heterocycles. The van der Waals surface area contributed by atoms with E-state index in [4.69, 9.17) is 0 Å². The zero-order valence-electron chi connectivity index (χ0n) is 32.2. The molecule has 1 spiro atoms. The molecule has 0 N–H and O–H groups in total. The highest BCUT2D eigenvalue weighted by Gasteiger charge is 2.50. The highest BCUT2D eigenvalue weighted by atomic mass is 15.1. The lowest BCUT2D eigenvalue weighted by molar-refractivity contribution is 0.783. The average Bonchev–Trinajstić information content (AvgIpc) is 3.80. The summed E-state index contributed by atoms with van der Waals surface area (Å²) in [4.78, 5) is 2.33. The second kappa shape index (κ2) is 12.2. The SMILES string of the molecule is c1ccc(N(c2ccccc2)c2ccc(-c3cc4c5c6c(cccc36)C3(c6ccccc6-c6ccccc63)c3cccc(c35)n4-c3ccc4ccccc4c3)cc2)cc1. The van der Waals surface area contributed by atoms with Crippen LogP contribution in [0.1, 0.15) is 22.3 Å². The topological polar surface area (TPSA) is 8.17 Å². The summed E-state index contributed by atoms with van der Waals surface area (Å²) in [6, 6.07) is 80.9. The maximum atomic E-state index is 2.53. The van der Waals surface area contributed by atoms with E-state index in [0.717, 1.165) is 17.1 Å². The Hall–Kier alpha value is -7.68. The van der Waals surface area contributed by atoms with Gasteiger partial charge in [0.05, 0.1) is 16.4 Å². The highest BCUT2D eigenvalue weighted by Crippen LogP contribution is 2.62. The number of benzene rings is 10. The summed E-state index contributed by atoms with van der Waals surface area (Å²) >= 11 is 0. The number of para-hydroxylation sites is 2. The number of aromatic nitrogens is 1. The van der Waals surface area contributed by atoms with Crippen LogP contribution in [0.3, 0.4) is 0 Å². The summed E-state index contributed by atoms with van der Waals surface area (Å²) < 4.78 is 2.53. The zero-order valence-corrected chi connectivity index (χ0v) is 32.2. The van der Waals surface area contributed by atoms with Crippen LogP contribution in [-0.4, -0.2) is 4.57 Å². The fraction of sp³-hybridized carbons (Fsp3) is 0.0175. The van der Waals surface area contributed by atoms with Crippen LogP contribution in [-0.2, 0) is 5.41 Å². The molecule has 0 amide bonds. The van der Waals surface area contributed by atoms with Gasteiger partial charge in [-0.15, -0.1) is 0 Å². The molecule has 2 aliphatic rings. The Morgan fingerprint density at radius 3 is 1.59 bits per heavy atom. The molecule has 0 saturated heterocycles. The molecule has 274 valence electrons. The van der Waals surface area contributed by atoms with Crippen LogP contribution in [0.2, 0.25) is 0 Å². The third-order valence-electron chi connectivity index (χ3n) is 13.1.